The average Bonchev–Trinajstić information content (AvgIpc) is 2.81. The third-order valence-electron chi connectivity index (χ3n) is 5.06. The summed E-state index contributed by atoms with van der Waals surface area (Å²) in [5.41, 5.74) is -0.0835. The number of nitrogens with zero attached hydrogens (tertiary/aromatic N) is 2. The number of nitrogens with one attached hydrogen (secondary N) is 2. The summed E-state index contributed by atoms with van der Waals surface area (Å²) in [6.07, 6.45) is 4.95. The van der Waals surface area contributed by atoms with Gasteiger partial charge in [0.1, 0.15) is 17.5 Å². The molecule has 0 fully saturated rings. The normalized spacial score (nSPS) is 12.1. The highest BCUT2D eigenvalue weighted by Gasteiger charge is 2.28. The van der Waals surface area contributed by atoms with Crippen LogP contribution >= 0.6 is 0 Å². The van der Waals surface area contributed by atoms with Crippen molar-refractivity contribution in [3.8, 4) is 5.75 Å². The molecule has 0 saturated carbocycles. The van der Waals surface area contributed by atoms with Crippen LogP contribution in [0.15, 0.2) is 64.6 Å². The number of carboxylic acids is 1. The smallest absolute Gasteiger partial charge is 0.326 e. The molecule has 4 aromatic rings. The minimum Gasteiger partial charge on any atom is -0.485 e. The Balaban J connectivity index is 1.48. The predicted molar refractivity (Wildman–Crippen MR) is 125 cm³/mol. The molecule has 0 aliphatic carbocycles. The molecule has 9 heteroatoms. The third kappa shape index (κ3) is 4.67. The number of anilines is 3. The van der Waals surface area contributed by atoms with E-state index in [4.69, 9.17) is 4.74 Å². The lowest BCUT2D eigenvalue weighted by Gasteiger charge is -2.20. The zero-order valence-electron chi connectivity index (χ0n) is 18.0. The van der Waals surface area contributed by atoms with Gasteiger partial charge in [0.25, 0.3) is 10.9 Å². The van der Waals surface area contributed by atoms with Crippen LogP contribution in [-0.4, -0.2) is 33.2 Å². The molecule has 0 saturated heterocycles. The van der Waals surface area contributed by atoms with Gasteiger partial charge in [-0.15, -0.1) is 0 Å². The molecule has 1 atom stereocenters. The first-order chi connectivity index (χ1) is 15.8. The summed E-state index contributed by atoms with van der Waals surface area (Å²) < 4.78 is 5.35. The molecular formula is C24H22N4O5. The number of aromatic nitrogens is 2. The first-order valence-corrected chi connectivity index (χ1v) is 10.4. The topological polar surface area (TPSA) is 131 Å². The van der Waals surface area contributed by atoms with Crippen LogP contribution in [0.3, 0.4) is 0 Å². The molecule has 1 unspecified atom stereocenters. The van der Waals surface area contributed by atoms with Gasteiger partial charge in [0.15, 0.2) is 5.75 Å². The van der Waals surface area contributed by atoms with Gasteiger partial charge < -0.3 is 20.5 Å². The van der Waals surface area contributed by atoms with Crippen molar-refractivity contribution in [2.75, 3.05) is 10.6 Å². The van der Waals surface area contributed by atoms with Crippen molar-refractivity contribution in [1.29, 1.82) is 0 Å². The molecule has 2 aromatic carbocycles. The molecule has 0 radical (unpaired) electrons. The highest BCUT2D eigenvalue weighted by molar-refractivity contribution is 5.92. The second-order valence-corrected chi connectivity index (χ2v) is 7.85. The van der Waals surface area contributed by atoms with E-state index in [9.17, 15) is 19.5 Å². The first kappa shape index (κ1) is 21.9. The lowest BCUT2D eigenvalue weighted by Crippen LogP contribution is -2.42. The Hall–Kier alpha value is -4.27. The molecular weight excluding hydrogens is 424 g/mol. The molecule has 9 nitrogen and oxygen atoms in total. The quantitative estimate of drug-likeness (QED) is 0.332. The van der Waals surface area contributed by atoms with E-state index in [0.717, 1.165) is 22.0 Å². The molecule has 0 aliphatic heterocycles. The number of fused-ring (bicyclic) bond motifs is 1. The molecule has 2 heterocycles. The summed E-state index contributed by atoms with van der Waals surface area (Å²) in [5, 5.41) is 17.4. The predicted octanol–water partition coefficient (Wildman–Crippen LogP) is 2.86. The Morgan fingerprint density at radius 2 is 1.82 bits per heavy atom. The summed E-state index contributed by atoms with van der Waals surface area (Å²) in [6, 6.07) is 9.87. The van der Waals surface area contributed by atoms with Crippen molar-refractivity contribution in [3.05, 3.63) is 81.0 Å². The zero-order valence-corrected chi connectivity index (χ0v) is 18.0. The number of benzene rings is 1. The van der Waals surface area contributed by atoms with Crippen molar-refractivity contribution in [2.24, 2.45) is 0 Å². The van der Waals surface area contributed by atoms with Gasteiger partial charge in [0.05, 0.1) is 6.10 Å². The number of aliphatic carboxylic acids is 1. The fourth-order valence-electron chi connectivity index (χ4n) is 3.44. The maximum absolute atomic E-state index is 11.9. The van der Waals surface area contributed by atoms with Gasteiger partial charge in [-0.2, -0.15) is 0 Å². The van der Waals surface area contributed by atoms with Crippen LogP contribution in [0.4, 0.5) is 17.2 Å². The highest BCUT2D eigenvalue weighted by Crippen LogP contribution is 2.24. The second-order valence-electron chi connectivity index (χ2n) is 7.85. The Morgan fingerprint density at radius 3 is 2.52 bits per heavy atom. The number of rotatable bonds is 9. The molecule has 0 bridgehead atoms. The molecule has 3 N–H and O–H groups in total. The van der Waals surface area contributed by atoms with Gasteiger partial charge in [-0.3, -0.25) is 14.6 Å². The number of hydrogen-bond acceptors (Lipinski definition) is 8. The Bertz CT molecular complexity index is 1370. The molecule has 33 heavy (non-hydrogen) atoms. The number of carboxylic acid groups (broad SMARTS) is 1. The maximum atomic E-state index is 11.9. The van der Waals surface area contributed by atoms with Gasteiger partial charge in [0, 0.05) is 41.5 Å². The number of pyridine rings is 2. The molecule has 0 aliphatic rings. The number of ether oxygens (including phenoxy) is 1. The molecule has 0 spiro atoms. The van der Waals surface area contributed by atoms with E-state index in [1.165, 1.54) is 0 Å². The fraction of sp³-hybridized carbons (Fsp3) is 0.208. The van der Waals surface area contributed by atoms with E-state index < -0.39 is 22.9 Å². The lowest BCUT2D eigenvalue weighted by molar-refractivity contribution is -0.137. The maximum Gasteiger partial charge on any atom is 0.326 e. The molecule has 2 aromatic heterocycles. The highest BCUT2D eigenvalue weighted by atomic mass is 16.5. The van der Waals surface area contributed by atoms with Crippen molar-refractivity contribution in [3.63, 3.8) is 0 Å². The van der Waals surface area contributed by atoms with Crippen LogP contribution in [0.1, 0.15) is 19.4 Å². The monoisotopic (exact) mass is 446 g/mol. The van der Waals surface area contributed by atoms with Crippen molar-refractivity contribution < 1.29 is 14.6 Å². The summed E-state index contributed by atoms with van der Waals surface area (Å²) >= 11 is 0. The van der Waals surface area contributed by atoms with Gasteiger partial charge in [0.2, 0.25) is 0 Å². The molecule has 4 rings (SSSR count). The largest absolute Gasteiger partial charge is 0.485 e. The van der Waals surface area contributed by atoms with Crippen molar-refractivity contribution >= 4 is 33.9 Å². The summed E-state index contributed by atoms with van der Waals surface area (Å²) in [4.78, 5) is 43.9. The number of hydrogen-bond donors (Lipinski definition) is 3. The van der Waals surface area contributed by atoms with Crippen LogP contribution < -0.4 is 26.2 Å². The van der Waals surface area contributed by atoms with Crippen molar-refractivity contribution in [2.45, 2.75) is 32.4 Å². The van der Waals surface area contributed by atoms with E-state index in [1.807, 2.05) is 24.3 Å². The number of carbonyl (C=O) groups is 1. The Morgan fingerprint density at radius 1 is 1.06 bits per heavy atom. The molecule has 0 amide bonds. The van der Waals surface area contributed by atoms with E-state index in [-0.39, 0.29) is 24.0 Å². The standard InChI is InChI=1S/C24H22N4O5/c1-13(2)33-22-19(20(29)21(22)30)28-18(24(31)32)11-14-3-5-16(6-4-14)27-23-17-8-9-25-12-15(17)7-10-26-23/h3-10,12-13,18,28H,11H2,1-2H3,(H,26,27)(H,31,32). The first-order valence-electron chi connectivity index (χ1n) is 10.4. The summed E-state index contributed by atoms with van der Waals surface area (Å²) in [5.74, 6) is -0.571. The van der Waals surface area contributed by atoms with E-state index >= 15 is 0 Å². The second kappa shape index (κ2) is 9.07. The summed E-state index contributed by atoms with van der Waals surface area (Å²) in [6.45, 7) is 3.44. The average molecular weight is 446 g/mol. The Kier molecular flexibility index (Phi) is 6.03. The van der Waals surface area contributed by atoms with E-state index in [1.54, 1.807) is 44.6 Å². The van der Waals surface area contributed by atoms with E-state index in [2.05, 4.69) is 20.6 Å². The fourth-order valence-corrected chi connectivity index (χ4v) is 3.44. The van der Waals surface area contributed by atoms with E-state index in [0.29, 0.717) is 5.82 Å². The van der Waals surface area contributed by atoms with Gasteiger partial charge in [-0.25, -0.2) is 9.78 Å². The van der Waals surface area contributed by atoms with Crippen LogP contribution in [0, 0.1) is 0 Å². The van der Waals surface area contributed by atoms with Crippen LogP contribution in [0.2, 0.25) is 0 Å². The zero-order chi connectivity index (χ0) is 23.5. The van der Waals surface area contributed by atoms with Crippen LogP contribution in [0.5, 0.6) is 5.75 Å². The van der Waals surface area contributed by atoms with Crippen LogP contribution in [0.25, 0.3) is 10.8 Å². The van der Waals surface area contributed by atoms with Crippen LogP contribution in [-0.2, 0) is 11.2 Å². The minimum atomic E-state index is -1.14. The minimum absolute atomic E-state index is 0.0871. The van der Waals surface area contributed by atoms with Gasteiger partial charge in [-0.1, -0.05) is 12.1 Å². The molecule has 168 valence electrons. The summed E-state index contributed by atoms with van der Waals surface area (Å²) in [7, 11) is 0. The van der Waals surface area contributed by atoms with Gasteiger partial charge >= 0.3 is 5.97 Å². The van der Waals surface area contributed by atoms with Crippen molar-refractivity contribution in [1.82, 2.24) is 9.97 Å². The third-order valence-corrected chi connectivity index (χ3v) is 5.06. The lowest BCUT2D eigenvalue weighted by atomic mass is 10.0. The SMILES string of the molecule is CC(C)Oc1c(NC(Cc2ccc(Nc3nccc4cnccc34)cc2)C(=O)O)c(=O)c1=O. The van der Waals surface area contributed by atoms with Gasteiger partial charge in [-0.05, 0) is 43.7 Å². The Labute approximate surface area is 188 Å².